The van der Waals surface area contributed by atoms with E-state index < -0.39 is 0 Å². The smallest absolute Gasteiger partial charge is 0.150 e. The third-order valence-electron chi connectivity index (χ3n) is 2.29. The summed E-state index contributed by atoms with van der Waals surface area (Å²) in [5, 5.41) is 0.643. The number of benzene rings is 2. The van der Waals surface area contributed by atoms with Crippen LogP contribution in [-0.2, 0) is 6.61 Å². The third-order valence-corrected chi connectivity index (χ3v) is 2.52. The number of rotatable bonds is 4. The van der Waals surface area contributed by atoms with Gasteiger partial charge in [0.2, 0.25) is 0 Å². The lowest BCUT2D eigenvalue weighted by Gasteiger charge is -2.06. The highest BCUT2D eigenvalue weighted by atomic mass is 35.5. The summed E-state index contributed by atoms with van der Waals surface area (Å²) in [6, 6.07) is 14.5. The van der Waals surface area contributed by atoms with Gasteiger partial charge in [0.05, 0.1) is 0 Å². The maximum absolute atomic E-state index is 10.6. The van der Waals surface area contributed by atoms with Crippen molar-refractivity contribution in [3.8, 4) is 5.75 Å². The Bertz CT molecular complexity index is 523. The van der Waals surface area contributed by atoms with Crippen molar-refractivity contribution in [2.24, 2.45) is 0 Å². The Balaban J connectivity index is 2.04. The molecule has 0 radical (unpaired) electrons. The van der Waals surface area contributed by atoms with E-state index in [1.807, 2.05) is 24.3 Å². The van der Waals surface area contributed by atoms with E-state index in [4.69, 9.17) is 16.3 Å². The highest BCUT2D eigenvalue weighted by Gasteiger charge is 1.98. The van der Waals surface area contributed by atoms with Crippen molar-refractivity contribution in [3.05, 3.63) is 64.7 Å². The molecule has 2 aromatic carbocycles. The fraction of sp³-hybridized carbons (Fsp3) is 0.0714. The molecular weight excluding hydrogens is 236 g/mol. The molecule has 0 aliphatic carbocycles. The number of hydrogen-bond donors (Lipinski definition) is 0. The second-order valence-corrected chi connectivity index (χ2v) is 4.05. The first-order valence-electron chi connectivity index (χ1n) is 5.20. The zero-order chi connectivity index (χ0) is 12.1. The first kappa shape index (κ1) is 11.7. The summed E-state index contributed by atoms with van der Waals surface area (Å²) in [6.07, 6.45) is 0.822. The van der Waals surface area contributed by atoms with Crippen molar-refractivity contribution < 1.29 is 9.53 Å². The molecule has 86 valence electrons. The first-order valence-corrected chi connectivity index (χ1v) is 5.58. The van der Waals surface area contributed by atoms with E-state index in [1.165, 1.54) is 0 Å². The van der Waals surface area contributed by atoms with E-state index in [9.17, 15) is 4.79 Å². The number of aldehydes is 1. The first-order chi connectivity index (χ1) is 8.28. The maximum atomic E-state index is 10.6. The third kappa shape index (κ3) is 3.33. The van der Waals surface area contributed by atoms with Gasteiger partial charge >= 0.3 is 0 Å². The minimum atomic E-state index is 0.419. The molecule has 0 heterocycles. The van der Waals surface area contributed by atoms with Crippen molar-refractivity contribution in [3.63, 3.8) is 0 Å². The summed E-state index contributed by atoms with van der Waals surface area (Å²) in [4.78, 5) is 10.6. The Hall–Kier alpha value is -1.80. The van der Waals surface area contributed by atoms with Crippen LogP contribution < -0.4 is 4.74 Å². The van der Waals surface area contributed by atoms with Gasteiger partial charge in [0.1, 0.15) is 18.6 Å². The molecule has 17 heavy (non-hydrogen) atoms. The minimum absolute atomic E-state index is 0.419. The summed E-state index contributed by atoms with van der Waals surface area (Å²) in [5.74, 6) is 0.717. The minimum Gasteiger partial charge on any atom is -0.489 e. The lowest BCUT2D eigenvalue weighted by molar-refractivity contribution is 0.112. The molecule has 0 unspecified atom stereocenters. The molecule has 3 heteroatoms. The topological polar surface area (TPSA) is 26.3 Å². The zero-order valence-electron chi connectivity index (χ0n) is 9.10. The van der Waals surface area contributed by atoms with Gasteiger partial charge in [-0.3, -0.25) is 4.79 Å². The van der Waals surface area contributed by atoms with Crippen LogP contribution in [0.3, 0.4) is 0 Å². The number of hydrogen-bond acceptors (Lipinski definition) is 2. The summed E-state index contributed by atoms with van der Waals surface area (Å²) >= 11 is 5.85. The molecule has 0 aliphatic rings. The van der Waals surface area contributed by atoms with E-state index in [1.54, 1.807) is 24.3 Å². The molecule has 0 saturated heterocycles. The van der Waals surface area contributed by atoms with Crippen LogP contribution in [0.4, 0.5) is 0 Å². The van der Waals surface area contributed by atoms with E-state index >= 15 is 0 Å². The second-order valence-electron chi connectivity index (χ2n) is 3.61. The van der Waals surface area contributed by atoms with Gasteiger partial charge < -0.3 is 4.74 Å². The van der Waals surface area contributed by atoms with E-state index in [2.05, 4.69) is 0 Å². The van der Waals surface area contributed by atoms with Crippen molar-refractivity contribution in [2.75, 3.05) is 0 Å². The summed E-state index contributed by atoms with van der Waals surface area (Å²) in [6.45, 7) is 0.419. The van der Waals surface area contributed by atoms with Crippen LogP contribution in [0.1, 0.15) is 15.9 Å². The average molecular weight is 247 g/mol. The number of carbonyl (C=O) groups is 1. The highest BCUT2D eigenvalue weighted by molar-refractivity contribution is 6.30. The molecule has 0 spiro atoms. The van der Waals surface area contributed by atoms with Gasteiger partial charge in [0.25, 0.3) is 0 Å². The highest BCUT2D eigenvalue weighted by Crippen LogP contribution is 2.18. The summed E-state index contributed by atoms with van der Waals surface area (Å²) < 4.78 is 5.57. The molecular formula is C14H11ClO2. The van der Waals surface area contributed by atoms with E-state index in [-0.39, 0.29) is 0 Å². The van der Waals surface area contributed by atoms with Crippen LogP contribution in [0.5, 0.6) is 5.75 Å². The molecule has 0 bridgehead atoms. The van der Waals surface area contributed by atoms with Crippen molar-refractivity contribution >= 4 is 17.9 Å². The molecule has 0 aromatic heterocycles. The van der Waals surface area contributed by atoms with Crippen molar-refractivity contribution in [1.29, 1.82) is 0 Å². The van der Waals surface area contributed by atoms with Gasteiger partial charge in [0.15, 0.2) is 0 Å². The van der Waals surface area contributed by atoms with Gasteiger partial charge in [-0.25, -0.2) is 0 Å². The molecule has 0 atom stereocenters. The van der Waals surface area contributed by atoms with Crippen LogP contribution in [0, 0.1) is 0 Å². The molecule has 0 saturated carbocycles. The molecule has 0 fully saturated rings. The van der Waals surface area contributed by atoms with Crippen LogP contribution >= 0.6 is 11.6 Å². The van der Waals surface area contributed by atoms with Gasteiger partial charge in [-0.15, -0.1) is 0 Å². The SMILES string of the molecule is O=Cc1cccc(COc2cccc(Cl)c2)c1. The largest absolute Gasteiger partial charge is 0.489 e. The Morgan fingerprint density at radius 2 is 1.94 bits per heavy atom. The average Bonchev–Trinajstić information content (AvgIpc) is 2.37. The molecule has 0 amide bonds. The standard InChI is InChI=1S/C14H11ClO2/c15-13-5-2-6-14(8-13)17-10-12-4-1-3-11(7-12)9-16/h1-9H,10H2. The fourth-order valence-electron chi connectivity index (χ4n) is 1.48. The summed E-state index contributed by atoms with van der Waals surface area (Å²) in [5.41, 5.74) is 1.60. The monoisotopic (exact) mass is 246 g/mol. The van der Waals surface area contributed by atoms with Gasteiger partial charge in [0, 0.05) is 10.6 Å². The van der Waals surface area contributed by atoms with Gasteiger partial charge in [-0.1, -0.05) is 35.9 Å². The van der Waals surface area contributed by atoms with Crippen LogP contribution in [0.15, 0.2) is 48.5 Å². The van der Waals surface area contributed by atoms with E-state index in [0.717, 1.165) is 11.8 Å². The zero-order valence-corrected chi connectivity index (χ0v) is 9.85. The predicted octanol–water partition coefficient (Wildman–Crippen LogP) is 3.73. The van der Waals surface area contributed by atoms with Crippen molar-refractivity contribution in [1.82, 2.24) is 0 Å². The fourth-order valence-corrected chi connectivity index (χ4v) is 1.66. The Morgan fingerprint density at radius 1 is 1.12 bits per heavy atom. The Kier molecular flexibility index (Phi) is 3.78. The molecule has 2 rings (SSSR count). The van der Waals surface area contributed by atoms with Crippen LogP contribution in [0.25, 0.3) is 0 Å². The molecule has 2 aromatic rings. The van der Waals surface area contributed by atoms with Gasteiger partial charge in [-0.05, 0) is 29.8 Å². The number of halogens is 1. The molecule has 0 aliphatic heterocycles. The predicted molar refractivity (Wildman–Crippen MR) is 67.6 cm³/mol. The normalized spacial score (nSPS) is 9.94. The molecule has 0 N–H and O–H groups in total. The quantitative estimate of drug-likeness (QED) is 0.769. The lowest BCUT2D eigenvalue weighted by atomic mass is 10.1. The Morgan fingerprint density at radius 3 is 2.71 bits per heavy atom. The second kappa shape index (κ2) is 5.51. The van der Waals surface area contributed by atoms with Crippen LogP contribution in [-0.4, -0.2) is 6.29 Å². The van der Waals surface area contributed by atoms with E-state index in [0.29, 0.717) is 22.9 Å². The van der Waals surface area contributed by atoms with Crippen molar-refractivity contribution in [2.45, 2.75) is 6.61 Å². The summed E-state index contributed by atoms with van der Waals surface area (Å²) in [7, 11) is 0. The maximum Gasteiger partial charge on any atom is 0.150 e. The number of ether oxygens (including phenoxy) is 1. The van der Waals surface area contributed by atoms with Gasteiger partial charge in [-0.2, -0.15) is 0 Å². The molecule has 2 nitrogen and oxygen atoms in total. The Labute approximate surface area is 105 Å². The number of carbonyl (C=O) groups excluding carboxylic acids is 1. The van der Waals surface area contributed by atoms with Crippen LogP contribution in [0.2, 0.25) is 5.02 Å². The lowest BCUT2D eigenvalue weighted by Crippen LogP contribution is -1.96.